The predicted molar refractivity (Wildman–Crippen MR) is 71.2 cm³/mol. The smallest absolute Gasteiger partial charge is 0.0404 e. The maximum atomic E-state index is 4.17. The summed E-state index contributed by atoms with van der Waals surface area (Å²) in [5.74, 6) is 0. The first kappa shape index (κ1) is 18.6. The molecule has 1 aromatic heterocycles. The zero-order chi connectivity index (χ0) is 8.85. The number of aromatic nitrogens is 1. The van der Waals surface area contributed by atoms with Crippen LogP contribution in [0.2, 0.25) is 0 Å². The molecular weight excluding hydrogens is 273 g/mol. The first-order chi connectivity index (χ1) is 5.20. The molecule has 0 aliphatic rings. The molecule has 0 amide bonds. The van der Waals surface area contributed by atoms with Crippen molar-refractivity contribution in [1.82, 2.24) is 4.98 Å². The molecule has 0 aliphatic carbocycles. The predicted octanol–water partition coefficient (Wildman–Crippen LogP) is 4.60. The summed E-state index contributed by atoms with van der Waals surface area (Å²) in [5.41, 5.74) is 2.39. The Labute approximate surface area is 97.1 Å². The van der Waals surface area contributed by atoms with Crippen LogP contribution in [-0.4, -0.2) is 4.98 Å². The highest BCUT2D eigenvalue weighted by Gasteiger charge is 1.91. The van der Waals surface area contributed by atoms with E-state index in [1.54, 1.807) is 0 Å². The van der Waals surface area contributed by atoms with Crippen LogP contribution in [0.1, 0.15) is 40.0 Å². The maximum Gasteiger partial charge on any atom is 0.0404 e. The van der Waals surface area contributed by atoms with E-state index in [-0.39, 0.29) is 14.9 Å². The summed E-state index contributed by atoms with van der Waals surface area (Å²) in [6.07, 6.45) is 1.88. The van der Waals surface area contributed by atoms with E-state index in [2.05, 4.69) is 40.6 Å². The molecule has 0 radical (unpaired) electrons. The van der Waals surface area contributed by atoms with Gasteiger partial charge in [0.05, 0.1) is 0 Å². The molecule has 1 nitrogen and oxygen atoms in total. The first-order valence-electron chi connectivity index (χ1n) is 3.79. The van der Waals surface area contributed by atoms with Crippen molar-refractivity contribution in [2.45, 2.75) is 42.5 Å². The molecule has 0 aromatic carbocycles. The van der Waals surface area contributed by atoms with Gasteiger partial charge in [-0.3, -0.25) is 4.98 Å². The molecule has 0 bridgehead atoms. The van der Waals surface area contributed by atoms with E-state index in [1.165, 1.54) is 9.13 Å². The molecule has 78 valence electrons. The van der Waals surface area contributed by atoms with Gasteiger partial charge < -0.3 is 0 Å². The highest BCUT2D eigenvalue weighted by molar-refractivity contribution is 14.1. The molecule has 0 aliphatic heterocycles. The minimum absolute atomic E-state index is 0. The van der Waals surface area contributed by atoms with Gasteiger partial charge >= 0.3 is 0 Å². The molecule has 0 N–H and O–H groups in total. The van der Waals surface area contributed by atoms with Crippen molar-refractivity contribution >= 4 is 22.6 Å². The summed E-state index contributed by atoms with van der Waals surface area (Å²) in [7, 11) is 0. The fraction of sp³-hybridized carbons (Fsp3) is 0.545. The summed E-state index contributed by atoms with van der Waals surface area (Å²) in [6, 6.07) is 2.13. The van der Waals surface area contributed by atoms with Crippen molar-refractivity contribution in [1.29, 1.82) is 0 Å². The Hall–Kier alpha value is -0.120. The van der Waals surface area contributed by atoms with Crippen LogP contribution in [0.25, 0.3) is 0 Å². The molecule has 0 saturated heterocycles. The molecule has 0 fully saturated rings. The van der Waals surface area contributed by atoms with Crippen molar-refractivity contribution < 1.29 is 0 Å². The quantitative estimate of drug-likeness (QED) is 0.637. The van der Waals surface area contributed by atoms with Crippen molar-refractivity contribution in [3.05, 3.63) is 27.1 Å². The van der Waals surface area contributed by atoms with E-state index in [4.69, 9.17) is 0 Å². The Morgan fingerprint density at radius 3 is 1.92 bits per heavy atom. The van der Waals surface area contributed by atoms with Crippen LogP contribution in [0.3, 0.4) is 0 Å². The summed E-state index contributed by atoms with van der Waals surface area (Å²) in [5, 5.41) is 0. The van der Waals surface area contributed by atoms with E-state index in [9.17, 15) is 0 Å². The normalized spacial score (nSPS) is 7.15. The number of hydrogen-bond donors (Lipinski definition) is 0. The molecule has 0 spiro atoms. The van der Waals surface area contributed by atoms with Crippen LogP contribution < -0.4 is 0 Å². The lowest BCUT2D eigenvalue weighted by Gasteiger charge is -1.96. The second kappa shape index (κ2) is 9.96. The topological polar surface area (TPSA) is 12.9 Å². The fourth-order valence-electron chi connectivity index (χ4n) is 0.609. The number of hydrogen-bond acceptors (Lipinski definition) is 1. The van der Waals surface area contributed by atoms with Crippen molar-refractivity contribution in [3.8, 4) is 0 Å². The molecule has 1 aromatic rings. The van der Waals surface area contributed by atoms with Gasteiger partial charge in [0.15, 0.2) is 0 Å². The van der Waals surface area contributed by atoms with E-state index >= 15 is 0 Å². The van der Waals surface area contributed by atoms with E-state index < -0.39 is 0 Å². The van der Waals surface area contributed by atoms with Gasteiger partial charge in [0, 0.05) is 15.5 Å². The van der Waals surface area contributed by atoms with Crippen molar-refractivity contribution in [2.75, 3.05) is 0 Å². The van der Waals surface area contributed by atoms with E-state index in [1.807, 2.05) is 27.0 Å². The fourth-order valence-corrected chi connectivity index (χ4v) is 1.22. The number of pyridine rings is 1. The Morgan fingerprint density at radius 1 is 1.15 bits per heavy atom. The molecule has 0 atom stereocenters. The minimum atomic E-state index is 0. The Bertz CT molecular complexity index is 221. The van der Waals surface area contributed by atoms with Gasteiger partial charge in [-0.1, -0.05) is 28.7 Å². The summed E-state index contributed by atoms with van der Waals surface area (Å²) < 4.78 is 1.20. The standard InChI is InChI=1S/C7H8IN.C2H6.2CH4/c1-5-3-7(8)4-9-6(5)2;1-2;;/h3-4H,1-2H3;1-2H3;2*1H4. The Kier molecular flexibility index (Phi) is 14.3. The molecule has 0 saturated carbocycles. The average Bonchev–Trinajstić information content (AvgIpc) is 2.02. The van der Waals surface area contributed by atoms with Gasteiger partial charge in [-0.05, 0) is 48.1 Å². The molecular formula is C11H22IN. The van der Waals surface area contributed by atoms with Gasteiger partial charge in [-0.25, -0.2) is 0 Å². The van der Waals surface area contributed by atoms with Crippen LogP contribution in [0.4, 0.5) is 0 Å². The first-order valence-corrected chi connectivity index (χ1v) is 4.87. The molecule has 1 heterocycles. The lowest BCUT2D eigenvalue weighted by Crippen LogP contribution is -1.85. The Balaban J connectivity index is -0.000000234. The zero-order valence-corrected chi connectivity index (χ0v) is 9.64. The van der Waals surface area contributed by atoms with Gasteiger partial charge in [-0.15, -0.1) is 0 Å². The molecule has 13 heavy (non-hydrogen) atoms. The highest BCUT2D eigenvalue weighted by Crippen LogP contribution is 2.07. The third kappa shape index (κ3) is 6.99. The second-order valence-electron chi connectivity index (χ2n) is 2.06. The zero-order valence-electron chi connectivity index (χ0n) is 7.48. The van der Waals surface area contributed by atoms with Gasteiger partial charge in [-0.2, -0.15) is 0 Å². The van der Waals surface area contributed by atoms with Crippen LogP contribution in [0.15, 0.2) is 12.3 Å². The van der Waals surface area contributed by atoms with Crippen LogP contribution in [0, 0.1) is 17.4 Å². The van der Waals surface area contributed by atoms with E-state index in [0.29, 0.717) is 0 Å². The number of aryl methyl sites for hydroxylation is 2. The molecule has 1 rings (SSSR count). The van der Waals surface area contributed by atoms with Gasteiger partial charge in [0.2, 0.25) is 0 Å². The maximum absolute atomic E-state index is 4.17. The monoisotopic (exact) mass is 295 g/mol. The van der Waals surface area contributed by atoms with Crippen LogP contribution in [-0.2, 0) is 0 Å². The number of halogens is 1. The van der Waals surface area contributed by atoms with E-state index in [0.717, 1.165) is 5.69 Å². The summed E-state index contributed by atoms with van der Waals surface area (Å²) >= 11 is 2.26. The summed E-state index contributed by atoms with van der Waals surface area (Å²) in [6.45, 7) is 8.09. The largest absolute Gasteiger partial charge is 0.260 e. The van der Waals surface area contributed by atoms with Crippen molar-refractivity contribution in [2.24, 2.45) is 0 Å². The molecule has 0 unspecified atom stereocenters. The average molecular weight is 295 g/mol. The Morgan fingerprint density at radius 2 is 1.62 bits per heavy atom. The second-order valence-corrected chi connectivity index (χ2v) is 3.30. The van der Waals surface area contributed by atoms with Gasteiger partial charge in [0.25, 0.3) is 0 Å². The minimum Gasteiger partial charge on any atom is -0.260 e. The summed E-state index contributed by atoms with van der Waals surface area (Å²) in [4.78, 5) is 4.17. The SMILES string of the molecule is C.C.CC.Cc1cc(I)cnc1C. The number of nitrogens with zero attached hydrogens (tertiary/aromatic N) is 1. The van der Waals surface area contributed by atoms with Crippen LogP contribution in [0.5, 0.6) is 0 Å². The molecule has 2 heteroatoms. The lowest BCUT2D eigenvalue weighted by atomic mass is 10.2. The number of rotatable bonds is 0. The third-order valence-corrected chi connectivity index (χ3v) is 1.90. The highest BCUT2D eigenvalue weighted by atomic mass is 127. The lowest BCUT2D eigenvalue weighted by molar-refractivity contribution is 1.14. The third-order valence-electron chi connectivity index (χ3n) is 1.31. The van der Waals surface area contributed by atoms with Gasteiger partial charge in [0.1, 0.15) is 0 Å². The van der Waals surface area contributed by atoms with Crippen LogP contribution >= 0.6 is 22.6 Å². The van der Waals surface area contributed by atoms with Crippen molar-refractivity contribution in [3.63, 3.8) is 0 Å².